The molecule has 4 rings (SSSR count). The molecule has 0 spiro atoms. The van der Waals surface area contributed by atoms with Crippen LogP contribution in [0.15, 0.2) is 51.9 Å². The van der Waals surface area contributed by atoms with Crippen LogP contribution < -0.4 is 4.90 Å². The molecule has 2 heterocycles. The van der Waals surface area contributed by atoms with E-state index in [0.717, 1.165) is 52.2 Å². The van der Waals surface area contributed by atoms with E-state index in [9.17, 15) is 0 Å². The minimum atomic E-state index is 0.108. The average Bonchev–Trinajstić information content (AvgIpc) is 2.62. The maximum absolute atomic E-state index is 6.41. The molecular weight excluding hydrogens is 340 g/mol. The van der Waals surface area contributed by atoms with Crippen LogP contribution in [0.3, 0.4) is 0 Å². The largest absolute Gasteiger partial charge is 0.379 e. The fourth-order valence-corrected chi connectivity index (χ4v) is 4.88. The summed E-state index contributed by atoms with van der Waals surface area (Å²) in [6.07, 6.45) is 6.40. The number of fused-ring (bicyclic) bond motifs is 1. The summed E-state index contributed by atoms with van der Waals surface area (Å²) >= 11 is 8.28. The zero-order valence-corrected chi connectivity index (χ0v) is 15.4. The van der Waals surface area contributed by atoms with Crippen molar-refractivity contribution in [3.8, 4) is 0 Å². The van der Waals surface area contributed by atoms with Crippen LogP contribution in [0.2, 0.25) is 0 Å². The standard InChI is InChI=1S/C19H23ClN2OS/c20-15-6-7-19-17(14-15)22(16-4-1-2-5-18(16)24-19)9-3-8-21-10-12-23-13-11-21/h1-2,4-7,15H,3,8-14H2. The molecule has 1 atom stereocenters. The van der Waals surface area contributed by atoms with Crippen molar-refractivity contribution in [3.05, 3.63) is 47.0 Å². The van der Waals surface area contributed by atoms with E-state index >= 15 is 0 Å². The number of rotatable bonds is 4. The number of nitrogens with zero attached hydrogens (tertiary/aromatic N) is 2. The predicted octanol–water partition coefficient (Wildman–Crippen LogP) is 4.10. The maximum Gasteiger partial charge on any atom is 0.0594 e. The van der Waals surface area contributed by atoms with E-state index in [-0.39, 0.29) is 5.38 Å². The summed E-state index contributed by atoms with van der Waals surface area (Å²) in [6.45, 7) is 6.05. The van der Waals surface area contributed by atoms with Gasteiger partial charge in [0, 0.05) is 48.1 Å². The molecule has 24 heavy (non-hydrogen) atoms. The minimum absolute atomic E-state index is 0.108. The normalized spacial score (nSPS) is 24.0. The predicted molar refractivity (Wildman–Crippen MR) is 102 cm³/mol. The molecule has 0 bridgehead atoms. The second-order valence-electron chi connectivity index (χ2n) is 6.42. The fourth-order valence-electron chi connectivity index (χ4n) is 3.54. The lowest BCUT2D eigenvalue weighted by atomic mass is 10.1. The molecule has 3 nitrogen and oxygen atoms in total. The van der Waals surface area contributed by atoms with Crippen molar-refractivity contribution < 1.29 is 4.74 Å². The Labute approximate surface area is 153 Å². The van der Waals surface area contributed by atoms with Crippen molar-refractivity contribution in [1.82, 2.24) is 4.90 Å². The van der Waals surface area contributed by atoms with E-state index in [4.69, 9.17) is 16.3 Å². The van der Waals surface area contributed by atoms with Crippen molar-refractivity contribution in [2.45, 2.75) is 23.1 Å². The summed E-state index contributed by atoms with van der Waals surface area (Å²) in [4.78, 5) is 7.71. The van der Waals surface area contributed by atoms with Crippen LogP contribution in [0.5, 0.6) is 0 Å². The second kappa shape index (κ2) is 7.52. The van der Waals surface area contributed by atoms with Gasteiger partial charge in [0.05, 0.1) is 24.3 Å². The molecule has 1 aromatic rings. The van der Waals surface area contributed by atoms with Crippen molar-refractivity contribution in [1.29, 1.82) is 0 Å². The molecule has 128 valence electrons. The van der Waals surface area contributed by atoms with E-state index in [0.29, 0.717) is 0 Å². The highest BCUT2D eigenvalue weighted by Crippen LogP contribution is 2.46. The van der Waals surface area contributed by atoms with Crippen molar-refractivity contribution in [3.63, 3.8) is 0 Å². The quantitative estimate of drug-likeness (QED) is 0.749. The Kier molecular flexibility index (Phi) is 5.18. The summed E-state index contributed by atoms with van der Waals surface area (Å²) < 4.78 is 5.44. The zero-order valence-electron chi connectivity index (χ0n) is 13.8. The molecule has 1 unspecified atom stereocenters. The van der Waals surface area contributed by atoms with Crippen LogP contribution in [0, 0.1) is 0 Å². The Bertz CT molecular complexity index is 655. The Morgan fingerprint density at radius 2 is 2.00 bits per heavy atom. The van der Waals surface area contributed by atoms with Crippen LogP contribution in [0.1, 0.15) is 12.8 Å². The molecule has 2 aliphatic heterocycles. The van der Waals surface area contributed by atoms with Crippen molar-refractivity contribution in [2.75, 3.05) is 44.3 Å². The van der Waals surface area contributed by atoms with E-state index in [1.165, 1.54) is 21.2 Å². The first-order chi connectivity index (χ1) is 11.8. The molecule has 1 saturated heterocycles. The molecule has 1 aliphatic carbocycles. The third-order valence-corrected chi connectivity index (χ3v) is 6.25. The molecule has 0 N–H and O–H groups in total. The summed E-state index contributed by atoms with van der Waals surface area (Å²) in [5, 5.41) is 0.108. The van der Waals surface area contributed by atoms with E-state index in [1.807, 2.05) is 11.8 Å². The lowest BCUT2D eigenvalue weighted by molar-refractivity contribution is 0.0377. The minimum Gasteiger partial charge on any atom is -0.379 e. The lowest BCUT2D eigenvalue weighted by Crippen LogP contribution is -2.38. The smallest absolute Gasteiger partial charge is 0.0594 e. The number of halogens is 1. The van der Waals surface area contributed by atoms with Gasteiger partial charge in [0.25, 0.3) is 0 Å². The summed E-state index contributed by atoms with van der Waals surface area (Å²) in [5.41, 5.74) is 2.73. The van der Waals surface area contributed by atoms with Gasteiger partial charge in [-0.05, 0) is 24.6 Å². The highest BCUT2D eigenvalue weighted by molar-refractivity contribution is 8.03. The Morgan fingerprint density at radius 1 is 1.17 bits per heavy atom. The third-order valence-electron chi connectivity index (χ3n) is 4.79. The Morgan fingerprint density at radius 3 is 2.88 bits per heavy atom. The number of thioether (sulfide) groups is 1. The first kappa shape index (κ1) is 16.5. The summed E-state index contributed by atoms with van der Waals surface area (Å²) in [7, 11) is 0. The lowest BCUT2D eigenvalue weighted by Gasteiger charge is -2.37. The molecule has 5 heteroatoms. The number of para-hydroxylation sites is 1. The van der Waals surface area contributed by atoms with Crippen LogP contribution in [-0.4, -0.2) is 49.7 Å². The molecule has 1 fully saturated rings. The van der Waals surface area contributed by atoms with Crippen LogP contribution in [0.25, 0.3) is 0 Å². The van der Waals surface area contributed by atoms with Gasteiger partial charge in [-0.15, -0.1) is 11.6 Å². The zero-order chi connectivity index (χ0) is 16.4. The summed E-state index contributed by atoms with van der Waals surface area (Å²) in [6, 6.07) is 8.72. The average molecular weight is 363 g/mol. The van der Waals surface area contributed by atoms with Gasteiger partial charge in [-0.25, -0.2) is 0 Å². The van der Waals surface area contributed by atoms with Gasteiger partial charge < -0.3 is 9.64 Å². The van der Waals surface area contributed by atoms with Gasteiger partial charge in [0.1, 0.15) is 0 Å². The maximum atomic E-state index is 6.41. The Balaban J connectivity index is 1.50. The van der Waals surface area contributed by atoms with Gasteiger partial charge in [-0.1, -0.05) is 30.0 Å². The summed E-state index contributed by atoms with van der Waals surface area (Å²) in [5.74, 6) is 0. The highest BCUT2D eigenvalue weighted by atomic mass is 35.5. The number of ether oxygens (including phenoxy) is 1. The van der Waals surface area contributed by atoms with Crippen molar-refractivity contribution in [2.24, 2.45) is 0 Å². The van der Waals surface area contributed by atoms with Gasteiger partial charge in [0.2, 0.25) is 0 Å². The number of morpholine rings is 1. The number of benzene rings is 1. The number of hydrogen-bond acceptors (Lipinski definition) is 4. The third kappa shape index (κ3) is 3.52. The molecule has 3 aliphatic rings. The monoisotopic (exact) mass is 362 g/mol. The molecule has 0 saturated carbocycles. The molecule has 0 amide bonds. The Hall–Kier alpha value is -0.940. The van der Waals surface area contributed by atoms with Gasteiger partial charge in [-0.3, -0.25) is 4.90 Å². The molecule has 0 radical (unpaired) electrons. The molecular formula is C19H23ClN2OS. The van der Waals surface area contributed by atoms with E-state index in [1.54, 1.807) is 0 Å². The van der Waals surface area contributed by atoms with Crippen LogP contribution >= 0.6 is 23.4 Å². The van der Waals surface area contributed by atoms with Gasteiger partial charge in [-0.2, -0.15) is 0 Å². The second-order valence-corrected chi connectivity index (χ2v) is 8.06. The first-order valence-electron chi connectivity index (χ1n) is 8.71. The number of alkyl halides is 1. The van der Waals surface area contributed by atoms with E-state index in [2.05, 4.69) is 46.2 Å². The highest BCUT2D eigenvalue weighted by Gasteiger charge is 2.27. The molecule has 1 aromatic carbocycles. The SMILES string of the molecule is ClC1C=CC2=C(C1)N(CCCN1CCOCC1)c1ccccc1S2. The van der Waals surface area contributed by atoms with E-state index < -0.39 is 0 Å². The van der Waals surface area contributed by atoms with Crippen molar-refractivity contribution >= 4 is 29.1 Å². The fraction of sp³-hybridized carbons (Fsp3) is 0.474. The van der Waals surface area contributed by atoms with Crippen LogP contribution in [0.4, 0.5) is 5.69 Å². The first-order valence-corrected chi connectivity index (χ1v) is 9.96. The molecule has 0 aromatic heterocycles. The number of allylic oxidation sites excluding steroid dienone is 3. The van der Waals surface area contributed by atoms with Gasteiger partial charge in [0.15, 0.2) is 0 Å². The van der Waals surface area contributed by atoms with Gasteiger partial charge >= 0.3 is 0 Å². The number of anilines is 1. The topological polar surface area (TPSA) is 15.7 Å². The van der Waals surface area contributed by atoms with Crippen LogP contribution in [-0.2, 0) is 4.74 Å². The number of hydrogen-bond donors (Lipinski definition) is 0.